The first-order valence-electron chi connectivity index (χ1n) is 4.32. The van der Waals surface area contributed by atoms with Gasteiger partial charge in [0.2, 0.25) is 0 Å². The second-order valence-electron chi connectivity index (χ2n) is 5.10. The minimum Gasteiger partial charge on any atom is -0.227 e. The Kier molecular flexibility index (Phi) is 3.90. The van der Waals surface area contributed by atoms with Gasteiger partial charge in [0.05, 0.1) is 9.83 Å². The van der Waals surface area contributed by atoms with E-state index in [2.05, 4.69) is 0 Å². The molecule has 0 spiro atoms. The third kappa shape index (κ3) is 4.91. The lowest BCUT2D eigenvalue weighted by Gasteiger charge is -2.23. The predicted molar refractivity (Wildman–Crippen MR) is 60.9 cm³/mol. The largest absolute Gasteiger partial charge is 0.227 e. The monoisotopic (exact) mass is 224 g/mol. The molecule has 0 aliphatic carbocycles. The third-order valence-electron chi connectivity index (χ3n) is 1.58. The summed E-state index contributed by atoms with van der Waals surface area (Å²) in [6.45, 7) is 11.3. The van der Waals surface area contributed by atoms with Crippen molar-refractivity contribution in [2.75, 3.05) is 5.08 Å². The summed E-state index contributed by atoms with van der Waals surface area (Å²) in [7, 11) is -2.97. The van der Waals surface area contributed by atoms with Crippen molar-refractivity contribution in [3.8, 4) is 0 Å². The summed E-state index contributed by atoms with van der Waals surface area (Å²) in [5, 5.41) is 0.208. The van der Waals surface area contributed by atoms with Crippen molar-refractivity contribution in [1.29, 1.82) is 0 Å². The Hall–Kier alpha value is 0.300. The van der Waals surface area contributed by atoms with Gasteiger partial charge in [0, 0.05) is 4.75 Å². The van der Waals surface area contributed by atoms with Crippen molar-refractivity contribution < 1.29 is 8.42 Å². The number of hydrogen-bond donors (Lipinski definition) is 0. The van der Waals surface area contributed by atoms with Crippen LogP contribution in [-0.4, -0.2) is 23.0 Å². The molecule has 0 unspecified atom stereocenters. The second kappa shape index (κ2) is 3.81. The van der Waals surface area contributed by atoms with Crippen molar-refractivity contribution in [3.05, 3.63) is 0 Å². The molecule has 0 fully saturated rings. The molecule has 0 amide bonds. The highest BCUT2D eigenvalue weighted by Crippen LogP contribution is 2.28. The second-order valence-corrected chi connectivity index (χ2v) is 10.0. The molecular formula is C9H20O2S2. The maximum absolute atomic E-state index is 11.7. The molecule has 0 aromatic carbocycles. The first-order chi connectivity index (χ1) is 5.46. The number of rotatable bonds is 2. The van der Waals surface area contributed by atoms with Crippen LogP contribution in [-0.2, 0) is 9.84 Å². The quantitative estimate of drug-likeness (QED) is 0.723. The standard InChI is InChI=1S/C9H20O2S2/c1-8(2,3)12-7-13(10,11)9(4,5)6/h7H2,1-6H3. The first-order valence-corrected chi connectivity index (χ1v) is 6.96. The highest BCUT2D eigenvalue weighted by Gasteiger charge is 2.30. The number of hydrogen-bond acceptors (Lipinski definition) is 3. The van der Waals surface area contributed by atoms with Crippen LogP contribution >= 0.6 is 11.8 Å². The van der Waals surface area contributed by atoms with Gasteiger partial charge in [-0.25, -0.2) is 8.42 Å². The summed E-state index contributed by atoms with van der Waals surface area (Å²) in [6.07, 6.45) is 0. The molecule has 80 valence electrons. The first kappa shape index (κ1) is 13.3. The van der Waals surface area contributed by atoms with E-state index in [0.29, 0.717) is 0 Å². The summed E-state index contributed by atoms with van der Waals surface area (Å²) in [5.41, 5.74) is 0. The molecule has 0 aliphatic rings. The molecule has 0 aromatic rings. The van der Waals surface area contributed by atoms with Crippen molar-refractivity contribution in [3.63, 3.8) is 0 Å². The van der Waals surface area contributed by atoms with Gasteiger partial charge in [-0.3, -0.25) is 0 Å². The van der Waals surface area contributed by atoms with E-state index in [4.69, 9.17) is 0 Å². The van der Waals surface area contributed by atoms with Crippen LogP contribution in [0, 0.1) is 0 Å². The highest BCUT2D eigenvalue weighted by atomic mass is 32.3. The molecule has 0 saturated carbocycles. The van der Waals surface area contributed by atoms with Gasteiger partial charge >= 0.3 is 0 Å². The Balaban J connectivity index is 4.40. The minimum absolute atomic E-state index is 0.0122. The van der Waals surface area contributed by atoms with Gasteiger partial charge in [-0.2, -0.15) is 0 Å². The van der Waals surface area contributed by atoms with Gasteiger partial charge < -0.3 is 0 Å². The van der Waals surface area contributed by atoms with Gasteiger partial charge in [-0.05, 0) is 20.8 Å². The van der Waals surface area contributed by atoms with Gasteiger partial charge in [0.25, 0.3) is 0 Å². The molecule has 0 saturated heterocycles. The van der Waals surface area contributed by atoms with E-state index in [1.54, 1.807) is 20.8 Å². The lowest BCUT2D eigenvalue weighted by atomic mass is 10.3. The van der Waals surface area contributed by atoms with Crippen LogP contribution in [0.2, 0.25) is 0 Å². The van der Waals surface area contributed by atoms with Crippen LogP contribution < -0.4 is 0 Å². The number of thioether (sulfide) groups is 1. The van der Waals surface area contributed by atoms with Crippen molar-refractivity contribution >= 4 is 21.6 Å². The van der Waals surface area contributed by atoms with Gasteiger partial charge in [-0.1, -0.05) is 20.8 Å². The summed E-state index contributed by atoms with van der Waals surface area (Å²) < 4.78 is 22.7. The molecule has 0 atom stereocenters. The highest BCUT2D eigenvalue weighted by molar-refractivity contribution is 8.13. The summed E-state index contributed by atoms with van der Waals surface area (Å²) >= 11 is 1.48. The van der Waals surface area contributed by atoms with E-state index in [1.807, 2.05) is 20.8 Å². The van der Waals surface area contributed by atoms with Gasteiger partial charge in [0.1, 0.15) is 0 Å². The molecule has 0 heterocycles. The third-order valence-corrected chi connectivity index (χ3v) is 6.02. The zero-order valence-corrected chi connectivity index (χ0v) is 11.0. The molecule has 0 bridgehead atoms. The van der Waals surface area contributed by atoms with E-state index in [0.717, 1.165) is 0 Å². The van der Waals surface area contributed by atoms with Crippen molar-refractivity contribution in [1.82, 2.24) is 0 Å². The normalized spacial score (nSPS) is 14.6. The van der Waals surface area contributed by atoms with E-state index < -0.39 is 14.6 Å². The Labute approximate surface area is 86.4 Å². The fourth-order valence-corrected chi connectivity index (χ4v) is 3.88. The summed E-state index contributed by atoms with van der Waals surface area (Å²) in [4.78, 5) is 0. The van der Waals surface area contributed by atoms with E-state index in [-0.39, 0.29) is 9.83 Å². The molecule has 0 aromatic heterocycles. The molecule has 0 radical (unpaired) electrons. The lowest BCUT2D eigenvalue weighted by molar-refractivity contribution is 0.565. The molecule has 0 rings (SSSR count). The zero-order valence-electron chi connectivity index (χ0n) is 9.34. The van der Waals surface area contributed by atoms with Gasteiger partial charge in [0.15, 0.2) is 9.84 Å². The fraction of sp³-hybridized carbons (Fsp3) is 1.00. The Morgan fingerprint density at radius 2 is 1.38 bits per heavy atom. The topological polar surface area (TPSA) is 34.1 Å². The van der Waals surface area contributed by atoms with Crippen molar-refractivity contribution in [2.24, 2.45) is 0 Å². The van der Waals surface area contributed by atoms with Gasteiger partial charge in [-0.15, -0.1) is 11.8 Å². The number of sulfone groups is 1. The average molecular weight is 224 g/mol. The fourth-order valence-electron chi connectivity index (χ4n) is 0.431. The molecule has 2 nitrogen and oxygen atoms in total. The molecular weight excluding hydrogens is 204 g/mol. The Morgan fingerprint density at radius 1 is 1.00 bits per heavy atom. The van der Waals surface area contributed by atoms with Crippen LogP contribution in [0.5, 0.6) is 0 Å². The summed E-state index contributed by atoms with van der Waals surface area (Å²) in [6, 6.07) is 0. The Bertz CT molecular complexity index is 252. The molecule has 0 N–H and O–H groups in total. The van der Waals surface area contributed by atoms with Crippen LogP contribution in [0.15, 0.2) is 0 Å². The van der Waals surface area contributed by atoms with Crippen molar-refractivity contribution in [2.45, 2.75) is 51.0 Å². The zero-order chi connectivity index (χ0) is 10.9. The van der Waals surface area contributed by atoms with Crippen LogP contribution in [0.4, 0.5) is 0 Å². The molecule has 0 aliphatic heterocycles. The van der Waals surface area contributed by atoms with E-state index >= 15 is 0 Å². The predicted octanol–water partition coefficient (Wildman–Crippen LogP) is 2.69. The average Bonchev–Trinajstić information content (AvgIpc) is 1.79. The SMILES string of the molecule is CC(C)(C)SCS(=O)(=O)C(C)(C)C. The summed E-state index contributed by atoms with van der Waals surface area (Å²) in [5.74, 6) is 0. The van der Waals surface area contributed by atoms with Crippen LogP contribution in [0.3, 0.4) is 0 Å². The minimum atomic E-state index is -2.97. The maximum atomic E-state index is 11.7. The molecule has 4 heteroatoms. The maximum Gasteiger partial charge on any atom is 0.164 e. The van der Waals surface area contributed by atoms with E-state index in [1.165, 1.54) is 11.8 Å². The lowest BCUT2D eigenvalue weighted by Crippen LogP contribution is -2.30. The molecule has 13 heavy (non-hydrogen) atoms. The smallest absolute Gasteiger partial charge is 0.164 e. The van der Waals surface area contributed by atoms with Crippen LogP contribution in [0.25, 0.3) is 0 Å². The Morgan fingerprint density at radius 3 is 1.62 bits per heavy atom. The van der Waals surface area contributed by atoms with E-state index in [9.17, 15) is 8.42 Å². The van der Waals surface area contributed by atoms with Crippen LogP contribution in [0.1, 0.15) is 41.5 Å².